The Hall–Kier alpha value is -2.83. The molecule has 2 heterocycles. The molecule has 6 nitrogen and oxygen atoms in total. The van der Waals surface area contributed by atoms with Gasteiger partial charge in [0.05, 0.1) is 18.8 Å². The highest BCUT2D eigenvalue weighted by molar-refractivity contribution is 6.31. The quantitative estimate of drug-likeness (QED) is 0.769. The van der Waals surface area contributed by atoms with Crippen LogP contribution in [0.3, 0.4) is 0 Å². The summed E-state index contributed by atoms with van der Waals surface area (Å²) in [6, 6.07) is 15.8. The van der Waals surface area contributed by atoms with Crippen molar-refractivity contribution < 1.29 is 14.3 Å². The van der Waals surface area contributed by atoms with Crippen LogP contribution in [0, 0.1) is 0 Å². The van der Waals surface area contributed by atoms with Gasteiger partial charge in [0.15, 0.2) is 6.29 Å². The number of fused-ring (bicyclic) bond motifs is 1. The monoisotopic (exact) mass is 365 g/mol. The van der Waals surface area contributed by atoms with E-state index in [-0.39, 0.29) is 12.2 Å². The molecule has 2 N–H and O–H groups in total. The Balaban J connectivity index is 1.37. The zero-order chi connectivity index (χ0) is 18.6. The summed E-state index contributed by atoms with van der Waals surface area (Å²) in [5.74, 6) is -0.0867. The van der Waals surface area contributed by atoms with E-state index in [0.717, 1.165) is 35.6 Å². The van der Waals surface area contributed by atoms with Crippen molar-refractivity contribution >= 4 is 28.5 Å². The zero-order valence-electron chi connectivity index (χ0n) is 15.3. The second-order valence-corrected chi connectivity index (χ2v) is 6.63. The molecule has 2 aromatic rings. The highest BCUT2D eigenvalue weighted by atomic mass is 16.7. The minimum Gasteiger partial charge on any atom is -0.374 e. The van der Waals surface area contributed by atoms with Crippen molar-refractivity contribution in [3.63, 3.8) is 0 Å². The number of amides is 1. The van der Waals surface area contributed by atoms with Gasteiger partial charge in [0.2, 0.25) is 0 Å². The van der Waals surface area contributed by atoms with Crippen molar-refractivity contribution in [3.8, 4) is 0 Å². The van der Waals surface area contributed by atoms with E-state index in [2.05, 4.69) is 34.7 Å². The average Bonchev–Trinajstić information content (AvgIpc) is 3.32. The van der Waals surface area contributed by atoms with Gasteiger partial charge in [0, 0.05) is 48.8 Å². The summed E-state index contributed by atoms with van der Waals surface area (Å²) in [5.41, 5.74) is 4.46. The van der Waals surface area contributed by atoms with Gasteiger partial charge in [-0.3, -0.25) is 4.79 Å². The van der Waals surface area contributed by atoms with E-state index in [1.807, 2.05) is 36.4 Å². The molecule has 0 aliphatic carbocycles. The average molecular weight is 365 g/mol. The Labute approximate surface area is 158 Å². The van der Waals surface area contributed by atoms with Gasteiger partial charge in [-0.1, -0.05) is 18.2 Å². The second-order valence-electron chi connectivity index (χ2n) is 6.63. The van der Waals surface area contributed by atoms with Crippen LogP contribution < -0.4 is 15.5 Å². The van der Waals surface area contributed by atoms with Crippen LogP contribution >= 0.6 is 0 Å². The first kappa shape index (κ1) is 17.6. The first-order valence-electron chi connectivity index (χ1n) is 9.12. The van der Waals surface area contributed by atoms with Gasteiger partial charge in [0.25, 0.3) is 5.91 Å². The zero-order valence-corrected chi connectivity index (χ0v) is 15.3. The number of nitrogens with one attached hydrogen (secondary N) is 2. The molecule has 27 heavy (non-hydrogen) atoms. The number of hydrogen-bond donors (Lipinski definition) is 2. The Morgan fingerprint density at radius 2 is 1.89 bits per heavy atom. The maximum Gasteiger partial charge on any atom is 0.257 e. The number of para-hydroxylation sites is 1. The second kappa shape index (κ2) is 7.82. The molecule has 0 saturated carbocycles. The molecule has 4 rings (SSSR count). The molecule has 0 bridgehead atoms. The van der Waals surface area contributed by atoms with Gasteiger partial charge in [-0.25, -0.2) is 0 Å². The first-order chi connectivity index (χ1) is 13.2. The van der Waals surface area contributed by atoms with E-state index >= 15 is 0 Å². The lowest BCUT2D eigenvalue weighted by Crippen LogP contribution is -2.23. The maximum absolute atomic E-state index is 12.1. The summed E-state index contributed by atoms with van der Waals surface area (Å²) in [6.45, 7) is 2.23. The van der Waals surface area contributed by atoms with Gasteiger partial charge < -0.3 is 25.0 Å². The number of ether oxygens (including phenoxy) is 2. The number of rotatable bonds is 6. The Bertz CT molecular complexity index is 842. The minimum absolute atomic E-state index is 0.0829. The Kier molecular flexibility index (Phi) is 5.09. The molecule has 0 aromatic heterocycles. The van der Waals surface area contributed by atoms with E-state index in [9.17, 15) is 4.79 Å². The fraction of sp³-hybridized carbons (Fsp3) is 0.286. The summed E-state index contributed by atoms with van der Waals surface area (Å²) in [4.78, 5) is 14.3. The Morgan fingerprint density at radius 1 is 1.15 bits per heavy atom. The number of carbonyl (C=O) groups is 1. The SMILES string of the molecule is CN(CCC1OCCO1)c1ccc(N/C=C2/C(=O)Nc3ccccc32)cc1. The normalized spacial score (nSPS) is 17.8. The molecule has 0 spiro atoms. The molecule has 6 heteroatoms. The molecule has 1 amide bonds. The van der Waals surface area contributed by atoms with Crippen LogP contribution in [-0.2, 0) is 14.3 Å². The summed E-state index contributed by atoms with van der Waals surface area (Å²) in [6.07, 6.45) is 2.52. The molecule has 2 aliphatic heterocycles. The van der Waals surface area contributed by atoms with Crippen molar-refractivity contribution in [1.29, 1.82) is 0 Å². The van der Waals surface area contributed by atoms with Crippen molar-refractivity contribution in [1.82, 2.24) is 0 Å². The van der Waals surface area contributed by atoms with Gasteiger partial charge in [-0.15, -0.1) is 0 Å². The van der Waals surface area contributed by atoms with Gasteiger partial charge >= 0.3 is 0 Å². The molecular formula is C21H23N3O3. The lowest BCUT2D eigenvalue weighted by Gasteiger charge is -2.21. The maximum atomic E-state index is 12.1. The fourth-order valence-corrected chi connectivity index (χ4v) is 3.25. The van der Waals surface area contributed by atoms with Crippen molar-refractivity contribution in [2.45, 2.75) is 12.7 Å². The number of hydrogen-bond acceptors (Lipinski definition) is 5. The van der Waals surface area contributed by atoms with Crippen LogP contribution in [0.5, 0.6) is 0 Å². The van der Waals surface area contributed by atoms with E-state index in [0.29, 0.717) is 18.8 Å². The number of carbonyl (C=O) groups excluding carboxylic acids is 1. The van der Waals surface area contributed by atoms with Gasteiger partial charge in [-0.05, 0) is 30.3 Å². The molecule has 0 radical (unpaired) electrons. The molecule has 1 saturated heterocycles. The Morgan fingerprint density at radius 3 is 2.67 bits per heavy atom. The van der Waals surface area contributed by atoms with Gasteiger partial charge in [0.1, 0.15) is 0 Å². The molecule has 2 aliphatic rings. The lowest BCUT2D eigenvalue weighted by molar-refractivity contribution is -0.110. The number of benzene rings is 2. The van der Waals surface area contributed by atoms with Crippen LogP contribution in [0.25, 0.3) is 5.57 Å². The lowest BCUT2D eigenvalue weighted by atomic mass is 10.1. The molecule has 0 unspecified atom stereocenters. The van der Waals surface area contributed by atoms with E-state index < -0.39 is 0 Å². The predicted molar refractivity (Wildman–Crippen MR) is 107 cm³/mol. The molecular weight excluding hydrogens is 342 g/mol. The minimum atomic E-state index is -0.0867. The molecule has 0 atom stereocenters. The van der Waals surface area contributed by atoms with Crippen molar-refractivity contribution in [3.05, 3.63) is 60.3 Å². The summed E-state index contributed by atoms with van der Waals surface area (Å²) < 4.78 is 10.9. The summed E-state index contributed by atoms with van der Waals surface area (Å²) in [7, 11) is 2.05. The first-order valence-corrected chi connectivity index (χ1v) is 9.12. The number of anilines is 3. The van der Waals surface area contributed by atoms with Crippen LogP contribution in [0.15, 0.2) is 54.7 Å². The fourth-order valence-electron chi connectivity index (χ4n) is 3.25. The number of nitrogens with zero attached hydrogens (tertiary/aromatic N) is 1. The largest absolute Gasteiger partial charge is 0.374 e. The van der Waals surface area contributed by atoms with Crippen molar-refractivity contribution in [2.24, 2.45) is 0 Å². The highest BCUT2D eigenvalue weighted by Gasteiger charge is 2.23. The van der Waals surface area contributed by atoms with E-state index in [1.54, 1.807) is 6.20 Å². The molecule has 2 aromatic carbocycles. The standard InChI is InChI=1S/C21H23N3O3/c1-24(11-10-20-26-12-13-27-20)16-8-6-15(7-9-16)22-14-18-17-4-2-3-5-19(17)23-21(18)25/h2-9,14,20,22H,10-13H2,1H3,(H,23,25)/b18-14+. The van der Waals surface area contributed by atoms with E-state index in [1.165, 1.54) is 0 Å². The van der Waals surface area contributed by atoms with Crippen LogP contribution in [0.2, 0.25) is 0 Å². The predicted octanol–water partition coefficient (Wildman–Crippen LogP) is 3.29. The van der Waals surface area contributed by atoms with Gasteiger partial charge in [-0.2, -0.15) is 0 Å². The van der Waals surface area contributed by atoms with Crippen LogP contribution in [-0.4, -0.2) is 39.0 Å². The third-order valence-corrected chi connectivity index (χ3v) is 4.79. The molecule has 1 fully saturated rings. The third-order valence-electron chi connectivity index (χ3n) is 4.79. The van der Waals surface area contributed by atoms with E-state index in [4.69, 9.17) is 9.47 Å². The topological polar surface area (TPSA) is 62.8 Å². The smallest absolute Gasteiger partial charge is 0.257 e. The molecule has 140 valence electrons. The van der Waals surface area contributed by atoms with Crippen LogP contribution in [0.4, 0.5) is 17.1 Å². The third kappa shape index (κ3) is 3.97. The highest BCUT2D eigenvalue weighted by Crippen LogP contribution is 2.31. The van der Waals surface area contributed by atoms with Crippen molar-refractivity contribution in [2.75, 3.05) is 42.3 Å². The van der Waals surface area contributed by atoms with Crippen LogP contribution in [0.1, 0.15) is 12.0 Å². The summed E-state index contributed by atoms with van der Waals surface area (Å²) in [5, 5.41) is 6.09. The summed E-state index contributed by atoms with van der Waals surface area (Å²) >= 11 is 0.